The number of hydrogen-bond donors (Lipinski definition) is 3. The van der Waals surface area contributed by atoms with E-state index >= 15 is 0 Å². The van der Waals surface area contributed by atoms with Gasteiger partial charge in [-0.1, -0.05) is 12.1 Å². The number of fused-ring (bicyclic) bond motifs is 1. The highest BCUT2D eigenvalue weighted by Gasteiger charge is 2.14. The van der Waals surface area contributed by atoms with E-state index in [9.17, 15) is 5.11 Å². The van der Waals surface area contributed by atoms with Gasteiger partial charge in [0, 0.05) is 9.13 Å². The standard InChI is InChI=1S/C18H13I2N7O3/c1-29-13-5-3-2-4-12(13)22-15-16(24-18-17(23-15)26-30-27-18)25-21-8-9-6-10(19)7-11(20)14(9)28/h2-8,28H,1H3,(H,22,23,26)(H,24,25,27)/b21-8+. The summed E-state index contributed by atoms with van der Waals surface area (Å²) in [7, 11) is 1.58. The number of phenols is 1. The number of phenolic OH excluding ortho intramolecular Hbond substituents is 1. The molecule has 2 heterocycles. The molecule has 3 N–H and O–H groups in total. The van der Waals surface area contributed by atoms with Crippen LogP contribution < -0.4 is 15.5 Å². The number of anilines is 3. The van der Waals surface area contributed by atoms with Gasteiger partial charge in [-0.2, -0.15) is 10.1 Å². The summed E-state index contributed by atoms with van der Waals surface area (Å²) in [5.74, 6) is 1.42. The highest BCUT2D eigenvalue weighted by molar-refractivity contribution is 14.1. The predicted octanol–water partition coefficient (Wildman–Crippen LogP) is 4.13. The molecule has 152 valence electrons. The molecule has 0 saturated heterocycles. The summed E-state index contributed by atoms with van der Waals surface area (Å²) >= 11 is 4.24. The largest absolute Gasteiger partial charge is 0.506 e. The molecule has 0 spiro atoms. The first-order valence-corrected chi connectivity index (χ1v) is 10.6. The number of benzene rings is 2. The number of nitrogens with one attached hydrogen (secondary N) is 2. The van der Waals surface area contributed by atoms with Gasteiger partial charge in [0.25, 0.3) is 0 Å². The molecule has 4 aromatic rings. The zero-order valence-corrected chi connectivity index (χ0v) is 19.6. The van der Waals surface area contributed by atoms with Crippen molar-refractivity contribution in [1.29, 1.82) is 0 Å². The van der Waals surface area contributed by atoms with Crippen LogP contribution in [-0.2, 0) is 0 Å². The fraction of sp³-hybridized carbons (Fsp3) is 0.0556. The van der Waals surface area contributed by atoms with Crippen LogP contribution in [0.4, 0.5) is 17.3 Å². The highest BCUT2D eigenvalue weighted by Crippen LogP contribution is 2.30. The third-order valence-corrected chi connectivity index (χ3v) is 5.35. The van der Waals surface area contributed by atoms with Gasteiger partial charge in [0.05, 0.1) is 22.6 Å². The molecule has 0 unspecified atom stereocenters. The van der Waals surface area contributed by atoms with Crippen LogP contribution in [0, 0.1) is 7.14 Å². The molecule has 0 aliphatic heterocycles. The number of hydrazone groups is 1. The Balaban J connectivity index is 1.67. The van der Waals surface area contributed by atoms with Crippen molar-refractivity contribution >= 4 is 80.0 Å². The molecule has 2 aromatic carbocycles. The number of hydrogen-bond acceptors (Lipinski definition) is 10. The quantitative estimate of drug-likeness (QED) is 0.164. The Hall–Kier alpha value is -2.75. The summed E-state index contributed by atoms with van der Waals surface area (Å²) in [5, 5.41) is 25.0. The summed E-state index contributed by atoms with van der Waals surface area (Å²) in [6.45, 7) is 0. The van der Waals surface area contributed by atoms with Gasteiger partial charge in [-0.3, -0.25) is 5.43 Å². The summed E-state index contributed by atoms with van der Waals surface area (Å²) < 4.78 is 11.8. The maximum absolute atomic E-state index is 10.2. The van der Waals surface area contributed by atoms with Crippen molar-refractivity contribution in [2.24, 2.45) is 5.10 Å². The van der Waals surface area contributed by atoms with Gasteiger partial charge < -0.3 is 15.2 Å². The lowest BCUT2D eigenvalue weighted by Crippen LogP contribution is -2.04. The van der Waals surface area contributed by atoms with Gasteiger partial charge in [-0.25, -0.2) is 9.61 Å². The maximum atomic E-state index is 10.2. The second-order valence-electron chi connectivity index (χ2n) is 5.85. The van der Waals surface area contributed by atoms with Crippen molar-refractivity contribution in [2.75, 3.05) is 17.9 Å². The molecule has 0 aliphatic rings. The molecule has 0 saturated carbocycles. The predicted molar refractivity (Wildman–Crippen MR) is 128 cm³/mol. The Labute approximate surface area is 197 Å². The first kappa shape index (κ1) is 20.5. The molecule has 30 heavy (non-hydrogen) atoms. The van der Waals surface area contributed by atoms with Gasteiger partial charge >= 0.3 is 0 Å². The van der Waals surface area contributed by atoms with Crippen molar-refractivity contribution in [2.45, 2.75) is 0 Å². The average Bonchev–Trinajstić information content (AvgIpc) is 3.19. The molecular formula is C18H13I2N7O3. The third kappa shape index (κ3) is 4.38. The first-order valence-electron chi connectivity index (χ1n) is 8.42. The van der Waals surface area contributed by atoms with Gasteiger partial charge in [0.15, 0.2) is 11.6 Å². The second kappa shape index (κ2) is 8.95. The highest BCUT2D eigenvalue weighted by atomic mass is 127. The normalized spacial score (nSPS) is 11.2. The Bertz CT molecular complexity index is 1250. The number of ether oxygens (including phenoxy) is 1. The van der Waals surface area contributed by atoms with E-state index in [4.69, 9.17) is 9.37 Å². The zero-order valence-electron chi connectivity index (χ0n) is 15.3. The summed E-state index contributed by atoms with van der Waals surface area (Å²) in [4.78, 5) is 8.74. The lowest BCUT2D eigenvalue weighted by molar-refractivity contribution is 0.314. The van der Waals surface area contributed by atoms with Crippen molar-refractivity contribution in [3.05, 3.63) is 49.1 Å². The van der Waals surface area contributed by atoms with Crippen LogP contribution in [0.5, 0.6) is 11.5 Å². The minimum atomic E-state index is 0.149. The molecule has 0 radical (unpaired) electrons. The maximum Gasteiger partial charge on any atom is 0.245 e. The molecule has 10 nitrogen and oxygen atoms in total. The fourth-order valence-corrected chi connectivity index (χ4v) is 4.42. The Morgan fingerprint density at radius 1 is 1.10 bits per heavy atom. The zero-order chi connectivity index (χ0) is 21.1. The molecule has 12 heteroatoms. The molecule has 4 rings (SSSR count). The van der Waals surface area contributed by atoms with E-state index in [2.05, 4.69) is 81.3 Å². The van der Waals surface area contributed by atoms with E-state index < -0.39 is 0 Å². The molecule has 0 aliphatic carbocycles. The van der Waals surface area contributed by atoms with Crippen LogP contribution in [0.3, 0.4) is 0 Å². The van der Waals surface area contributed by atoms with E-state index in [1.54, 1.807) is 7.11 Å². The van der Waals surface area contributed by atoms with Crippen LogP contribution in [0.2, 0.25) is 0 Å². The van der Waals surface area contributed by atoms with Crippen molar-refractivity contribution in [1.82, 2.24) is 20.3 Å². The van der Waals surface area contributed by atoms with Crippen molar-refractivity contribution in [3.8, 4) is 11.5 Å². The van der Waals surface area contributed by atoms with E-state index in [1.165, 1.54) is 6.21 Å². The minimum Gasteiger partial charge on any atom is -0.506 e. The molecule has 0 atom stereocenters. The van der Waals surface area contributed by atoms with Crippen LogP contribution in [0.15, 0.2) is 46.1 Å². The lowest BCUT2D eigenvalue weighted by Gasteiger charge is -2.12. The van der Waals surface area contributed by atoms with Crippen LogP contribution in [0.1, 0.15) is 5.56 Å². The second-order valence-corrected chi connectivity index (χ2v) is 8.26. The van der Waals surface area contributed by atoms with Crippen LogP contribution in [0.25, 0.3) is 11.3 Å². The Morgan fingerprint density at radius 3 is 2.60 bits per heavy atom. The van der Waals surface area contributed by atoms with Gasteiger partial charge in [-0.15, -0.1) is 0 Å². The summed E-state index contributed by atoms with van der Waals surface area (Å²) in [6, 6.07) is 11.1. The topological polar surface area (TPSA) is 131 Å². The molecule has 2 aromatic heterocycles. The van der Waals surface area contributed by atoms with Crippen molar-refractivity contribution in [3.63, 3.8) is 0 Å². The van der Waals surface area contributed by atoms with E-state index in [1.807, 2.05) is 36.4 Å². The number of para-hydroxylation sites is 2. The minimum absolute atomic E-state index is 0.149. The first-order chi connectivity index (χ1) is 14.5. The van der Waals surface area contributed by atoms with E-state index in [0.717, 1.165) is 7.14 Å². The smallest absolute Gasteiger partial charge is 0.245 e. The van der Waals surface area contributed by atoms with Gasteiger partial charge in [-0.05, 0) is 79.8 Å². The molecular weight excluding hydrogens is 616 g/mol. The lowest BCUT2D eigenvalue weighted by atomic mass is 10.2. The number of nitrogens with zero attached hydrogens (tertiary/aromatic N) is 5. The SMILES string of the molecule is COc1ccccc1Nc1nc2nonc2nc1N/N=C/c1cc(I)cc(I)c1O. The number of aromatic hydroxyl groups is 1. The molecule has 0 amide bonds. The van der Waals surface area contributed by atoms with Gasteiger partial charge in [0.2, 0.25) is 11.3 Å². The number of aromatic nitrogens is 4. The average molecular weight is 629 g/mol. The fourth-order valence-electron chi connectivity index (χ4n) is 2.53. The summed E-state index contributed by atoms with van der Waals surface area (Å²) in [6.07, 6.45) is 1.50. The third-order valence-electron chi connectivity index (χ3n) is 3.91. The summed E-state index contributed by atoms with van der Waals surface area (Å²) in [5.41, 5.74) is 4.55. The van der Waals surface area contributed by atoms with Crippen LogP contribution in [-0.4, -0.2) is 38.7 Å². The number of methoxy groups -OCH3 is 1. The van der Waals surface area contributed by atoms with E-state index in [0.29, 0.717) is 28.6 Å². The Kier molecular flexibility index (Phi) is 6.12. The van der Waals surface area contributed by atoms with Gasteiger partial charge in [0.1, 0.15) is 11.5 Å². The molecule has 0 fully saturated rings. The number of halogens is 2. The monoisotopic (exact) mass is 629 g/mol. The number of rotatable bonds is 6. The van der Waals surface area contributed by atoms with Crippen molar-refractivity contribution < 1.29 is 14.5 Å². The Morgan fingerprint density at radius 2 is 1.83 bits per heavy atom. The van der Waals surface area contributed by atoms with Crippen LogP contribution >= 0.6 is 45.2 Å². The van der Waals surface area contributed by atoms with E-state index in [-0.39, 0.29) is 17.0 Å². The molecule has 0 bridgehead atoms.